The van der Waals surface area contributed by atoms with Gasteiger partial charge in [-0.2, -0.15) is 4.98 Å². The largest absolute Gasteiger partial charge is 0.322 e. The first-order chi connectivity index (χ1) is 16.1. The van der Waals surface area contributed by atoms with E-state index in [1.807, 2.05) is 41.0 Å². The lowest BCUT2D eigenvalue weighted by molar-refractivity contribution is 0.480. The fraction of sp³-hybridized carbons (Fsp3) is 0.360. The van der Waals surface area contributed by atoms with Crippen LogP contribution < -0.4 is 16.2 Å². The molecule has 1 saturated heterocycles. The molecule has 2 aliphatic heterocycles. The third-order valence-corrected chi connectivity index (χ3v) is 6.59. The van der Waals surface area contributed by atoms with Gasteiger partial charge in [-0.1, -0.05) is 54.9 Å². The van der Waals surface area contributed by atoms with Gasteiger partial charge in [0.2, 0.25) is 5.95 Å². The summed E-state index contributed by atoms with van der Waals surface area (Å²) in [5.74, 6) is 1.13. The zero-order chi connectivity index (χ0) is 22.8. The Morgan fingerprint density at radius 1 is 1.24 bits per heavy atom. The number of pyridine rings is 1. The van der Waals surface area contributed by atoms with E-state index in [4.69, 9.17) is 16.6 Å². The van der Waals surface area contributed by atoms with Crippen molar-refractivity contribution in [3.8, 4) is 11.1 Å². The first kappa shape index (κ1) is 21.8. The molecule has 2 aliphatic rings. The molecule has 5 rings (SSSR count). The molecule has 0 saturated carbocycles. The quantitative estimate of drug-likeness (QED) is 0.597. The molecule has 0 aliphatic carbocycles. The fourth-order valence-corrected chi connectivity index (χ4v) is 4.64. The summed E-state index contributed by atoms with van der Waals surface area (Å²) in [5.41, 5.74) is 2.85. The Labute approximate surface area is 197 Å². The third-order valence-electron chi connectivity index (χ3n) is 6.27. The molecule has 170 valence electrons. The van der Waals surface area contributed by atoms with Gasteiger partial charge in [0.05, 0.1) is 5.70 Å². The van der Waals surface area contributed by atoms with Gasteiger partial charge in [-0.25, -0.2) is 4.98 Å². The Morgan fingerprint density at radius 2 is 2.09 bits per heavy atom. The molecule has 2 N–H and O–H groups in total. The maximum atomic E-state index is 13.6. The van der Waals surface area contributed by atoms with Gasteiger partial charge in [-0.05, 0) is 49.4 Å². The Kier molecular flexibility index (Phi) is 6.24. The number of anilines is 1. The van der Waals surface area contributed by atoms with Crippen LogP contribution in [0.4, 0.5) is 5.95 Å². The maximum Gasteiger partial charge on any atom is 0.260 e. The van der Waals surface area contributed by atoms with E-state index in [0.717, 1.165) is 36.9 Å². The fourth-order valence-electron chi connectivity index (χ4n) is 4.44. The predicted molar refractivity (Wildman–Crippen MR) is 134 cm³/mol. The average Bonchev–Trinajstić information content (AvgIpc) is 3.28. The summed E-state index contributed by atoms with van der Waals surface area (Å²) in [7, 11) is 0. The van der Waals surface area contributed by atoms with Crippen molar-refractivity contribution in [2.45, 2.75) is 26.3 Å². The standard InChI is InChI=1S/C25H27ClN6O/c1-16-7-10-28-22(26)21(11-16)30-25-29-14-19-12-20(18-5-3-2-4-6-18)24(33)32(23(19)31-25)15-17-8-9-27-13-17/h2-6,11-12,14,16-17,27H,7-10,13,15H2,1H3,(H,29,30,31)/t16?,17-/m1/s1. The number of aliphatic imine (C=N–C) groups is 1. The summed E-state index contributed by atoms with van der Waals surface area (Å²) < 4.78 is 1.81. The number of hydrogen-bond acceptors (Lipinski definition) is 6. The van der Waals surface area contributed by atoms with Crippen LogP contribution >= 0.6 is 11.6 Å². The third kappa shape index (κ3) is 4.70. The van der Waals surface area contributed by atoms with Crippen molar-refractivity contribution in [1.82, 2.24) is 19.9 Å². The minimum Gasteiger partial charge on any atom is -0.322 e. The second-order valence-electron chi connectivity index (χ2n) is 8.82. The molecule has 1 aromatic carbocycles. The smallest absolute Gasteiger partial charge is 0.260 e. The van der Waals surface area contributed by atoms with Crippen LogP contribution in [0.2, 0.25) is 0 Å². The summed E-state index contributed by atoms with van der Waals surface area (Å²) in [4.78, 5) is 27.3. The second-order valence-corrected chi connectivity index (χ2v) is 9.17. The minimum absolute atomic E-state index is 0.0350. The van der Waals surface area contributed by atoms with Gasteiger partial charge in [0.15, 0.2) is 0 Å². The molecule has 4 heterocycles. The second kappa shape index (κ2) is 9.45. The molecule has 1 unspecified atom stereocenters. The number of benzene rings is 1. The zero-order valence-electron chi connectivity index (χ0n) is 18.6. The first-order valence-corrected chi connectivity index (χ1v) is 11.8. The first-order valence-electron chi connectivity index (χ1n) is 11.4. The Balaban J connectivity index is 1.60. The van der Waals surface area contributed by atoms with Gasteiger partial charge in [0, 0.05) is 30.2 Å². The van der Waals surface area contributed by atoms with Gasteiger partial charge >= 0.3 is 0 Å². The number of nitrogens with one attached hydrogen (secondary N) is 2. The van der Waals surface area contributed by atoms with Crippen molar-refractivity contribution in [3.05, 3.63) is 64.7 Å². The van der Waals surface area contributed by atoms with E-state index in [1.165, 1.54) is 0 Å². The van der Waals surface area contributed by atoms with E-state index in [1.54, 1.807) is 6.20 Å². The summed E-state index contributed by atoms with van der Waals surface area (Å²) >= 11 is 6.38. The van der Waals surface area contributed by atoms with Crippen molar-refractivity contribution in [2.24, 2.45) is 16.8 Å². The topological polar surface area (TPSA) is 84.2 Å². The Hall–Kier alpha value is -3.03. The lowest BCUT2D eigenvalue weighted by Gasteiger charge is -2.16. The number of halogens is 1. The van der Waals surface area contributed by atoms with E-state index in [2.05, 4.69) is 33.6 Å². The molecular weight excluding hydrogens is 436 g/mol. The maximum absolute atomic E-state index is 13.6. The highest BCUT2D eigenvalue weighted by Crippen LogP contribution is 2.23. The molecule has 0 bridgehead atoms. The van der Waals surface area contributed by atoms with Gasteiger partial charge in [0.1, 0.15) is 10.8 Å². The molecular formula is C25H27ClN6O. The van der Waals surface area contributed by atoms with Crippen molar-refractivity contribution in [2.75, 3.05) is 25.0 Å². The highest BCUT2D eigenvalue weighted by molar-refractivity contribution is 6.69. The van der Waals surface area contributed by atoms with Crippen LogP contribution in [-0.2, 0) is 6.54 Å². The van der Waals surface area contributed by atoms with Crippen LogP contribution in [-0.4, -0.2) is 39.3 Å². The molecule has 3 aromatic rings. The van der Waals surface area contributed by atoms with E-state index in [0.29, 0.717) is 53.0 Å². The van der Waals surface area contributed by atoms with Crippen LogP contribution in [0.3, 0.4) is 0 Å². The summed E-state index contributed by atoms with van der Waals surface area (Å²) in [6.45, 7) is 5.31. The lowest BCUT2D eigenvalue weighted by atomic mass is 10.0. The van der Waals surface area contributed by atoms with Gasteiger partial charge in [-0.15, -0.1) is 0 Å². The van der Waals surface area contributed by atoms with Crippen LogP contribution in [0.1, 0.15) is 19.8 Å². The number of fused-ring (bicyclic) bond motifs is 1. The molecule has 33 heavy (non-hydrogen) atoms. The molecule has 0 amide bonds. The number of rotatable bonds is 5. The van der Waals surface area contributed by atoms with E-state index < -0.39 is 0 Å². The van der Waals surface area contributed by atoms with Crippen molar-refractivity contribution in [3.63, 3.8) is 0 Å². The summed E-state index contributed by atoms with van der Waals surface area (Å²) in [5, 5.41) is 7.87. The summed E-state index contributed by atoms with van der Waals surface area (Å²) in [6, 6.07) is 11.7. The predicted octanol–water partition coefficient (Wildman–Crippen LogP) is 4.04. The van der Waals surface area contributed by atoms with Crippen LogP contribution in [0.25, 0.3) is 22.2 Å². The highest BCUT2D eigenvalue weighted by Gasteiger charge is 2.20. The van der Waals surface area contributed by atoms with Gasteiger partial charge < -0.3 is 10.6 Å². The normalized spacial score (nSPS) is 20.9. The zero-order valence-corrected chi connectivity index (χ0v) is 19.3. The van der Waals surface area contributed by atoms with Crippen LogP contribution in [0.5, 0.6) is 0 Å². The SMILES string of the molecule is CC1C=C(Nc2ncc3cc(-c4ccccc4)c(=O)n(C[C@@H]4CCNC4)c3n2)C(Cl)=NCC1. The van der Waals surface area contributed by atoms with Crippen LogP contribution in [0.15, 0.2) is 64.2 Å². The molecule has 2 aromatic heterocycles. The number of aromatic nitrogens is 3. The number of hydrogen-bond donors (Lipinski definition) is 2. The van der Waals surface area contributed by atoms with Crippen LogP contribution in [0, 0.1) is 11.8 Å². The number of allylic oxidation sites excluding steroid dienone is 2. The highest BCUT2D eigenvalue weighted by atomic mass is 35.5. The van der Waals surface area contributed by atoms with Gasteiger partial charge in [-0.3, -0.25) is 14.4 Å². The molecule has 1 fully saturated rings. The lowest BCUT2D eigenvalue weighted by Crippen LogP contribution is -2.27. The van der Waals surface area contributed by atoms with Crippen molar-refractivity contribution >= 4 is 33.8 Å². The molecule has 8 heteroatoms. The van der Waals surface area contributed by atoms with E-state index >= 15 is 0 Å². The molecule has 0 spiro atoms. The van der Waals surface area contributed by atoms with Gasteiger partial charge in [0.25, 0.3) is 5.56 Å². The minimum atomic E-state index is -0.0350. The van der Waals surface area contributed by atoms with E-state index in [9.17, 15) is 4.79 Å². The van der Waals surface area contributed by atoms with Crippen molar-refractivity contribution < 1.29 is 0 Å². The summed E-state index contributed by atoms with van der Waals surface area (Å²) in [6.07, 6.45) is 5.81. The molecule has 7 nitrogen and oxygen atoms in total. The Morgan fingerprint density at radius 3 is 2.88 bits per heavy atom. The molecule has 0 radical (unpaired) electrons. The monoisotopic (exact) mass is 462 g/mol. The number of nitrogens with zero attached hydrogens (tertiary/aromatic N) is 4. The average molecular weight is 463 g/mol. The van der Waals surface area contributed by atoms with E-state index in [-0.39, 0.29) is 5.56 Å². The Bertz CT molecular complexity index is 1280. The molecule has 2 atom stereocenters. The van der Waals surface area contributed by atoms with Crippen molar-refractivity contribution in [1.29, 1.82) is 0 Å².